The highest BCUT2D eigenvalue weighted by molar-refractivity contribution is 5.76. The number of aliphatic hydroxyl groups is 2. The molecular formula is C63H121NO5. The van der Waals surface area contributed by atoms with Crippen LogP contribution in [0, 0.1) is 0 Å². The van der Waals surface area contributed by atoms with Gasteiger partial charge in [-0.2, -0.15) is 0 Å². The van der Waals surface area contributed by atoms with E-state index in [1.54, 1.807) is 0 Å². The molecule has 408 valence electrons. The number of ether oxygens (including phenoxy) is 1. The van der Waals surface area contributed by atoms with Crippen LogP contribution in [0.5, 0.6) is 0 Å². The highest BCUT2D eigenvalue weighted by Gasteiger charge is 2.20. The molecule has 0 aromatic carbocycles. The summed E-state index contributed by atoms with van der Waals surface area (Å²) < 4.78 is 5.48. The third-order valence-corrected chi connectivity index (χ3v) is 14.5. The van der Waals surface area contributed by atoms with Gasteiger partial charge in [-0.1, -0.05) is 295 Å². The number of carbonyl (C=O) groups is 2. The number of allylic oxidation sites excluding steroid dienone is 4. The standard InChI is InChI=1S/C63H121NO5/c1-3-5-7-9-11-13-15-17-19-21-23-24-25-26-27-29-31-35-39-43-47-51-55-61(66)60(59-65)64-62(67)56-52-48-44-40-36-33-34-38-42-46-50-54-58-69-63(68)57-53-49-45-41-37-32-30-28-22-20-18-16-14-12-10-8-6-4-2/h14,16,20,22,60-61,65-66H,3-13,15,17-19,21,23-59H2,1-2H3,(H,64,67)/b16-14-,22-20-. The number of amides is 1. The van der Waals surface area contributed by atoms with Gasteiger partial charge in [-0.05, 0) is 57.8 Å². The number of hydrogen-bond acceptors (Lipinski definition) is 5. The van der Waals surface area contributed by atoms with E-state index in [-0.39, 0.29) is 18.5 Å². The van der Waals surface area contributed by atoms with E-state index in [1.165, 1.54) is 244 Å². The summed E-state index contributed by atoms with van der Waals surface area (Å²) in [5, 5.41) is 23.4. The monoisotopic (exact) mass is 972 g/mol. The molecule has 0 saturated heterocycles. The molecule has 1 amide bonds. The first-order valence-corrected chi connectivity index (χ1v) is 31.1. The van der Waals surface area contributed by atoms with Crippen molar-refractivity contribution in [3.8, 4) is 0 Å². The molecule has 0 aliphatic heterocycles. The predicted molar refractivity (Wildman–Crippen MR) is 301 cm³/mol. The average molecular weight is 973 g/mol. The van der Waals surface area contributed by atoms with Crippen molar-refractivity contribution in [2.75, 3.05) is 13.2 Å². The van der Waals surface area contributed by atoms with Gasteiger partial charge in [-0.15, -0.1) is 0 Å². The van der Waals surface area contributed by atoms with E-state index in [0.29, 0.717) is 25.9 Å². The molecule has 2 unspecified atom stereocenters. The summed E-state index contributed by atoms with van der Waals surface area (Å²) in [6.45, 7) is 4.93. The van der Waals surface area contributed by atoms with Crippen LogP contribution in [0.15, 0.2) is 24.3 Å². The maximum atomic E-state index is 12.5. The summed E-state index contributed by atoms with van der Waals surface area (Å²) in [7, 11) is 0. The molecule has 0 bridgehead atoms. The molecule has 0 saturated carbocycles. The highest BCUT2D eigenvalue weighted by atomic mass is 16.5. The number of esters is 1. The Bertz CT molecular complexity index is 1080. The minimum Gasteiger partial charge on any atom is -0.466 e. The fourth-order valence-corrected chi connectivity index (χ4v) is 9.73. The number of carbonyl (C=O) groups excluding carboxylic acids is 2. The van der Waals surface area contributed by atoms with E-state index in [4.69, 9.17) is 4.74 Å². The van der Waals surface area contributed by atoms with E-state index < -0.39 is 12.1 Å². The molecule has 3 N–H and O–H groups in total. The van der Waals surface area contributed by atoms with Crippen LogP contribution in [0.25, 0.3) is 0 Å². The minimum atomic E-state index is -0.676. The number of unbranched alkanes of at least 4 members (excludes halogenated alkanes) is 43. The maximum absolute atomic E-state index is 12.5. The Labute approximate surface area is 431 Å². The molecule has 2 atom stereocenters. The quantitative estimate of drug-likeness (QED) is 0.0321. The molecule has 0 aromatic rings. The van der Waals surface area contributed by atoms with Gasteiger partial charge in [-0.3, -0.25) is 9.59 Å². The molecule has 0 spiro atoms. The van der Waals surface area contributed by atoms with Crippen molar-refractivity contribution in [3.05, 3.63) is 24.3 Å². The Balaban J connectivity index is 3.45. The fraction of sp³-hybridized carbons (Fsp3) is 0.905. The van der Waals surface area contributed by atoms with Gasteiger partial charge in [0.15, 0.2) is 0 Å². The van der Waals surface area contributed by atoms with E-state index in [0.717, 1.165) is 64.2 Å². The third kappa shape index (κ3) is 55.5. The molecule has 0 rings (SSSR count). The van der Waals surface area contributed by atoms with Crippen molar-refractivity contribution in [2.45, 2.75) is 353 Å². The lowest BCUT2D eigenvalue weighted by atomic mass is 10.0. The van der Waals surface area contributed by atoms with Gasteiger partial charge < -0.3 is 20.3 Å². The molecule has 0 radical (unpaired) electrons. The minimum absolute atomic E-state index is 0.0154. The first-order chi connectivity index (χ1) is 34.0. The molecular weight excluding hydrogens is 851 g/mol. The lowest BCUT2D eigenvalue weighted by Crippen LogP contribution is -2.45. The van der Waals surface area contributed by atoms with Gasteiger partial charge in [0.2, 0.25) is 5.91 Å². The van der Waals surface area contributed by atoms with Crippen molar-refractivity contribution < 1.29 is 24.5 Å². The Morgan fingerprint density at radius 1 is 0.406 bits per heavy atom. The Hall–Kier alpha value is -1.66. The van der Waals surface area contributed by atoms with Crippen LogP contribution in [0.2, 0.25) is 0 Å². The molecule has 0 aromatic heterocycles. The highest BCUT2D eigenvalue weighted by Crippen LogP contribution is 2.18. The van der Waals surface area contributed by atoms with Crippen LogP contribution in [0.1, 0.15) is 341 Å². The molecule has 0 aliphatic carbocycles. The Morgan fingerprint density at radius 2 is 0.725 bits per heavy atom. The topological polar surface area (TPSA) is 95.9 Å². The lowest BCUT2D eigenvalue weighted by Gasteiger charge is -2.22. The predicted octanol–water partition coefficient (Wildman–Crippen LogP) is 19.4. The van der Waals surface area contributed by atoms with Crippen molar-refractivity contribution in [1.82, 2.24) is 5.32 Å². The summed E-state index contributed by atoms with van der Waals surface area (Å²) in [5.41, 5.74) is 0. The molecule has 0 fully saturated rings. The molecule has 0 heterocycles. The second-order valence-electron chi connectivity index (χ2n) is 21.4. The first-order valence-electron chi connectivity index (χ1n) is 31.1. The van der Waals surface area contributed by atoms with Crippen LogP contribution in [-0.4, -0.2) is 47.4 Å². The lowest BCUT2D eigenvalue weighted by molar-refractivity contribution is -0.143. The van der Waals surface area contributed by atoms with Crippen molar-refractivity contribution in [1.29, 1.82) is 0 Å². The van der Waals surface area contributed by atoms with Gasteiger partial charge >= 0.3 is 5.97 Å². The summed E-state index contributed by atoms with van der Waals surface area (Å²) in [5.74, 6) is -0.0630. The Morgan fingerprint density at radius 3 is 1.12 bits per heavy atom. The van der Waals surface area contributed by atoms with Crippen LogP contribution in [-0.2, 0) is 14.3 Å². The van der Waals surface area contributed by atoms with E-state index in [2.05, 4.69) is 43.5 Å². The summed E-state index contributed by atoms with van der Waals surface area (Å²) in [4.78, 5) is 24.6. The zero-order chi connectivity index (χ0) is 50.0. The van der Waals surface area contributed by atoms with Gasteiger partial charge in [0.05, 0.1) is 25.4 Å². The van der Waals surface area contributed by atoms with Gasteiger partial charge in [-0.25, -0.2) is 0 Å². The second kappa shape index (κ2) is 58.9. The van der Waals surface area contributed by atoms with E-state index >= 15 is 0 Å². The van der Waals surface area contributed by atoms with E-state index in [1.807, 2.05) is 0 Å². The van der Waals surface area contributed by atoms with Gasteiger partial charge in [0.25, 0.3) is 0 Å². The number of aliphatic hydroxyl groups excluding tert-OH is 2. The van der Waals surface area contributed by atoms with Crippen LogP contribution in [0.4, 0.5) is 0 Å². The van der Waals surface area contributed by atoms with Crippen molar-refractivity contribution >= 4 is 11.9 Å². The average Bonchev–Trinajstić information content (AvgIpc) is 3.35. The fourth-order valence-electron chi connectivity index (χ4n) is 9.73. The van der Waals surface area contributed by atoms with Gasteiger partial charge in [0.1, 0.15) is 0 Å². The Kier molecular flexibility index (Phi) is 57.5. The number of nitrogens with one attached hydrogen (secondary N) is 1. The first kappa shape index (κ1) is 67.3. The molecule has 0 aliphatic rings. The van der Waals surface area contributed by atoms with Crippen LogP contribution < -0.4 is 5.32 Å². The van der Waals surface area contributed by atoms with Gasteiger partial charge in [0, 0.05) is 12.8 Å². The zero-order valence-corrected chi connectivity index (χ0v) is 46.6. The number of rotatable bonds is 58. The zero-order valence-electron chi connectivity index (χ0n) is 46.6. The van der Waals surface area contributed by atoms with Crippen molar-refractivity contribution in [2.24, 2.45) is 0 Å². The largest absolute Gasteiger partial charge is 0.466 e. The van der Waals surface area contributed by atoms with E-state index in [9.17, 15) is 19.8 Å². The molecule has 6 nitrogen and oxygen atoms in total. The SMILES string of the molecule is CCCCCC/C=C\C/C=C\CCCCCCCCCC(=O)OCCCCCCCCCCCCCCC(=O)NC(CO)C(O)CCCCCCCCCCCCCCCCCCCCCCCC. The maximum Gasteiger partial charge on any atom is 0.305 e. The molecule has 6 heteroatoms. The van der Waals surface area contributed by atoms with Crippen molar-refractivity contribution in [3.63, 3.8) is 0 Å². The smallest absolute Gasteiger partial charge is 0.305 e. The summed E-state index contributed by atoms with van der Waals surface area (Å²) >= 11 is 0. The molecule has 69 heavy (non-hydrogen) atoms. The summed E-state index contributed by atoms with van der Waals surface area (Å²) in [6, 6.07) is -0.555. The second-order valence-corrected chi connectivity index (χ2v) is 21.4. The third-order valence-electron chi connectivity index (χ3n) is 14.5. The normalized spacial score (nSPS) is 12.7. The summed E-state index contributed by atoms with van der Waals surface area (Å²) in [6.07, 6.45) is 71.7. The van der Waals surface area contributed by atoms with Crippen LogP contribution in [0.3, 0.4) is 0 Å². The number of hydrogen-bond donors (Lipinski definition) is 3. The van der Waals surface area contributed by atoms with Crippen LogP contribution >= 0.6 is 0 Å².